The van der Waals surface area contributed by atoms with E-state index in [4.69, 9.17) is 23.2 Å². The molecule has 1 heterocycles. The zero-order valence-electron chi connectivity index (χ0n) is 16.8. The van der Waals surface area contributed by atoms with Gasteiger partial charge in [0, 0.05) is 21.8 Å². The molecule has 7 heteroatoms. The first kappa shape index (κ1) is 22.3. The fourth-order valence-electron chi connectivity index (χ4n) is 3.18. The molecule has 0 bridgehead atoms. The van der Waals surface area contributed by atoms with Crippen molar-refractivity contribution in [2.24, 2.45) is 0 Å². The van der Waals surface area contributed by atoms with E-state index >= 15 is 0 Å². The molecule has 160 valence electrons. The van der Waals surface area contributed by atoms with E-state index < -0.39 is 0 Å². The second-order valence-electron chi connectivity index (χ2n) is 7.05. The molecule has 1 N–H and O–H groups in total. The van der Waals surface area contributed by atoms with Crippen LogP contribution < -0.4 is 5.32 Å². The lowest BCUT2D eigenvalue weighted by Gasteiger charge is -2.09. The molecule has 32 heavy (non-hydrogen) atoms. The number of anilines is 1. The summed E-state index contributed by atoms with van der Waals surface area (Å²) in [7, 11) is 0. The molecule has 4 nitrogen and oxygen atoms in total. The highest BCUT2D eigenvalue weighted by Gasteiger charge is 2.16. The fraction of sp³-hybridized carbons (Fsp3) is 0.0400. The largest absolute Gasteiger partial charge is 0.304 e. The smallest absolute Gasteiger partial charge is 0.257 e. The minimum Gasteiger partial charge on any atom is -0.304 e. The topological polar surface area (TPSA) is 46.9 Å². The number of carbonyl (C=O) groups is 1. The molecule has 0 aliphatic heterocycles. The molecular weight excluding hydrogens is 509 g/mol. The van der Waals surface area contributed by atoms with Crippen molar-refractivity contribution >= 4 is 62.5 Å². The normalized spacial score (nSPS) is 11.4. The van der Waals surface area contributed by atoms with E-state index in [-0.39, 0.29) is 5.91 Å². The van der Waals surface area contributed by atoms with E-state index in [2.05, 4.69) is 26.3 Å². The number of halogens is 3. The van der Waals surface area contributed by atoms with Gasteiger partial charge in [-0.25, -0.2) is 0 Å². The van der Waals surface area contributed by atoms with E-state index in [1.165, 1.54) is 0 Å². The van der Waals surface area contributed by atoms with Gasteiger partial charge >= 0.3 is 0 Å². The summed E-state index contributed by atoms with van der Waals surface area (Å²) in [4.78, 5) is 13.2. The van der Waals surface area contributed by atoms with Gasteiger partial charge in [-0.15, -0.1) is 0 Å². The number of benzene rings is 3. The lowest BCUT2D eigenvalue weighted by atomic mass is 10.0. The predicted octanol–water partition coefficient (Wildman–Crippen LogP) is 7.18. The second kappa shape index (κ2) is 10.2. The molecule has 0 fully saturated rings. The summed E-state index contributed by atoms with van der Waals surface area (Å²) in [6.45, 7) is 0.440. The maximum atomic E-state index is 13.2. The number of nitrogens with one attached hydrogen (secondary N) is 1. The highest BCUT2D eigenvalue weighted by Crippen LogP contribution is 2.26. The Morgan fingerprint density at radius 3 is 2.38 bits per heavy atom. The minimum atomic E-state index is -0.254. The summed E-state index contributed by atoms with van der Waals surface area (Å²) in [6.07, 6.45) is 3.66. The highest BCUT2D eigenvalue weighted by atomic mass is 79.9. The van der Waals surface area contributed by atoms with Crippen LogP contribution in [-0.4, -0.2) is 15.7 Å². The third-order valence-electron chi connectivity index (χ3n) is 4.74. The van der Waals surface area contributed by atoms with Gasteiger partial charge < -0.3 is 5.32 Å². The Hall–Kier alpha value is -2.86. The summed E-state index contributed by atoms with van der Waals surface area (Å²) in [5.41, 5.74) is 3.16. The molecule has 1 aromatic heterocycles. The number of rotatable bonds is 6. The van der Waals surface area contributed by atoms with Crippen molar-refractivity contribution in [2.75, 3.05) is 5.32 Å². The average molecular weight is 527 g/mol. The van der Waals surface area contributed by atoms with Gasteiger partial charge in [0.2, 0.25) is 0 Å². The summed E-state index contributed by atoms with van der Waals surface area (Å²) >= 11 is 15.7. The molecule has 0 saturated heterocycles. The van der Waals surface area contributed by atoms with E-state index in [0.717, 1.165) is 16.7 Å². The van der Waals surface area contributed by atoms with Gasteiger partial charge in [0.1, 0.15) is 0 Å². The molecular formula is C25H18BrCl2N3O. The summed E-state index contributed by atoms with van der Waals surface area (Å²) < 4.78 is 2.38. The van der Waals surface area contributed by atoms with Crippen LogP contribution in [0.15, 0.2) is 89.5 Å². The first-order valence-electron chi connectivity index (χ1n) is 9.80. The molecule has 0 aliphatic rings. The van der Waals surface area contributed by atoms with Gasteiger partial charge in [0.05, 0.1) is 11.0 Å². The SMILES string of the molecule is O=C(Nc1nn(Cc2ccc(Cl)cc2Cl)cc1Br)/C(=C\c1ccccc1)c1ccccc1. The minimum absolute atomic E-state index is 0.254. The van der Waals surface area contributed by atoms with Gasteiger partial charge in [-0.05, 0) is 50.8 Å². The third kappa shape index (κ3) is 5.49. The van der Waals surface area contributed by atoms with Crippen molar-refractivity contribution in [1.82, 2.24) is 9.78 Å². The van der Waals surface area contributed by atoms with Crippen LogP contribution in [0.5, 0.6) is 0 Å². The summed E-state index contributed by atoms with van der Waals surface area (Å²) in [6, 6.07) is 24.6. The molecule has 4 rings (SSSR count). The van der Waals surface area contributed by atoms with Gasteiger partial charge in [-0.3, -0.25) is 9.48 Å². The Morgan fingerprint density at radius 2 is 1.69 bits per heavy atom. The maximum absolute atomic E-state index is 13.2. The number of aromatic nitrogens is 2. The van der Waals surface area contributed by atoms with E-state index in [1.54, 1.807) is 23.0 Å². The second-order valence-corrected chi connectivity index (χ2v) is 8.75. The number of amides is 1. The summed E-state index contributed by atoms with van der Waals surface area (Å²) in [5, 5.41) is 8.57. The number of hydrogen-bond donors (Lipinski definition) is 1. The standard InChI is InChI=1S/C25H18BrCl2N3O/c26-22-16-31(15-19-11-12-20(27)14-23(19)28)30-24(22)29-25(32)21(18-9-5-2-6-10-18)13-17-7-3-1-4-8-17/h1-14,16H,15H2,(H,29,30,32)/b21-13-. The molecule has 0 saturated carbocycles. The van der Waals surface area contributed by atoms with Gasteiger partial charge in [-0.2, -0.15) is 5.10 Å². The molecule has 4 aromatic rings. The Kier molecular flexibility index (Phi) is 7.10. The first-order valence-corrected chi connectivity index (χ1v) is 11.3. The monoisotopic (exact) mass is 525 g/mol. The number of carbonyl (C=O) groups excluding carboxylic acids is 1. The van der Waals surface area contributed by atoms with Crippen LogP contribution in [0.1, 0.15) is 16.7 Å². The summed E-state index contributed by atoms with van der Waals surface area (Å²) in [5.74, 6) is 0.172. The molecule has 0 radical (unpaired) electrons. The number of nitrogens with zero attached hydrogens (tertiary/aromatic N) is 2. The van der Waals surface area contributed by atoms with Crippen LogP contribution in [0.3, 0.4) is 0 Å². The molecule has 0 atom stereocenters. The average Bonchev–Trinajstić information content (AvgIpc) is 3.14. The van der Waals surface area contributed by atoms with Gasteiger partial charge in [0.15, 0.2) is 5.82 Å². The van der Waals surface area contributed by atoms with Crippen molar-refractivity contribution in [1.29, 1.82) is 0 Å². The Morgan fingerprint density at radius 1 is 1.00 bits per heavy atom. The van der Waals surface area contributed by atoms with Crippen LogP contribution in [0.2, 0.25) is 10.0 Å². The predicted molar refractivity (Wildman–Crippen MR) is 135 cm³/mol. The van der Waals surface area contributed by atoms with Crippen molar-refractivity contribution in [2.45, 2.75) is 6.54 Å². The molecule has 1 amide bonds. The first-order chi connectivity index (χ1) is 15.5. The van der Waals surface area contributed by atoms with Crippen LogP contribution in [0, 0.1) is 0 Å². The fourth-order valence-corrected chi connectivity index (χ4v) is 4.06. The maximum Gasteiger partial charge on any atom is 0.257 e. The third-order valence-corrected chi connectivity index (χ3v) is 5.90. The zero-order chi connectivity index (χ0) is 22.5. The van der Waals surface area contributed by atoms with E-state index in [9.17, 15) is 4.79 Å². The van der Waals surface area contributed by atoms with E-state index in [1.807, 2.05) is 72.8 Å². The molecule has 3 aromatic carbocycles. The Bertz CT molecular complexity index is 1270. The quantitative estimate of drug-likeness (QED) is 0.213. The number of hydrogen-bond acceptors (Lipinski definition) is 2. The van der Waals surface area contributed by atoms with Crippen LogP contribution in [-0.2, 0) is 11.3 Å². The molecule has 0 spiro atoms. The Labute approximate surface area is 204 Å². The van der Waals surface area contributed by atoms with Crippen molar-refractivity contribution < 1.29 is 4.79 Å². The van der Waals surface area contributed by atoms with Crippen molar-refractivity contribution in [3.8, 4) is 0 Å². The molecule has 0 aliphatic carbocycles. The lowest BCUT2D eigenvalue weighted by molar-refractivity contribution is -0.111. The van der Waals surface area contributed by atoms with Crippen LogP contribution >= 0.6 is 39.1 Å². The zero-order valence-corrected chi connectivity index (χ0v) is 19.9. The highest BCUT2D eigenvalue weighted by molar-refractivity contribution is 9.10. The lowest BCUT2D eigenvalue weighted by Crippen LogP contribution is -2.15. The molecule has 0 unspecified atom stereocenters. The Balaban J connectivity index is 1.59. The van der Waals surface area contributed by atoms with Crippen molar-refractivity contribution in [3.05, 3.63) is 116 Å². The van der Waals surface area contributed by atoms with Crippen LogP contribution in [0.4, 0.5) is 5.82 Å². The van der Waals surface area contributed by atoms with Crippen molar-refractivity contribution in [3.63, 3.8) is 0 Å². The van der Waals surface area contributed by atoms with E-state index in [0.29, 0.717) is 32.5 Å². The van der Waals surface area contributed by atoms with Gasteiger partial charge in [0.25, 0.3) is 5.91 Å². The van der Waals surface area contributed by atoms with Crippen LogP contribution in [0.25, 0.3) is 11.6 Å². The van der Waals surface area contributed by atoms with Gasteiger partial charge in [-0.1, -0.05) is 89.9 Å².